The predicted octanol–water partition coefficient (Wildman–Crippen LogP) is 1.99. The smallest absolute Gasteiger partial charge is 0.337 e. The Kier molecular flexibility index (Phi) is 5.82. The molecule has 0 heterocycles. The fraction of sp³-hybridized carbons (Fsp3) is 0.533. The van der Waals surface area contributed by atoms with E-state index in [0.717, 1.165) is 19.6 Å². The maximum atomic E-state index is 11.4. The van der Waals surface area contributed by atoms with Crippen LogP contribution in [0.25, 0.3) is 0 Å². The zero-order valence-electron chi connectivity index (χ0n) is 12.8. The van der Waals surface area contributed by atoms with Crippen molar-refractivity contribution >= 4 is 17.3 Å². The lowest BCUT2D eigenvalue weighted by molar-refractivity contribution is 0.0697. The van der Waals surface area contributed by atoms with Gasteiger partial charge in [-0.1, -0.05) is 19.9 Å². The molecule has 0 fully saturated rings. The molecule has 0 aliphatic carbocycles. The third-order valence-electron chi connectivity index (χ3n) is 3.02. The molecule has 20 heavy (non-hydrogen) atoms. The van der Waals surface area contributed by atoms with Crippen LogP contribution in [0.3, 0.4) is 0 Å². The average Bonchev–Trinajstić information content (AvgIpc) is 2.33. The van der Waals surface area contributed by atoms with Gasteiger partial charge in [-0.2, -0.15) is 0 Å². The first kappa shape index (κ1) is 16.3. The van der Waals surface area contributed by atoms with Crippen molar-refractivity contribution in [2.45, 2.75) is 13.8 Å². The summed E-state index contributed by atoms with van der Waals surface area (Å²) in [6.45, 7) is 6.60. The number of nitrogen functional groups attached to an aromatic ring is 1. The third-order valence-corrected chi connectivity index (χ3v) is 3.02. The van der Waals surface area contributed by atoms with E-state index in [1.807, 2.05) is 14.1 Å². The zero-order chi connectivity index (χ0) is 15.3. The standard InChI is InChI=1S/C15H25N3O2/c1-11(2)10-18(9-8-17(3)4)14-12(15(19)20)6-5-7-13(14)16/h5-7,11H,8-10,16H2,1-4H3,(H,19,20). The van der Waals surface area contributed by atoms with Gasteiger partial charge in [-0.15, -0.1) is 0 Å². The molecule has 0 saturated carbocycles. The molecular weight excluding hydrogens is 254 g/mol. The van der Waals surface area contributed by atoms with Crippen molar-refractivity contribution in [2.24, 2.45) is 5.92 Å². The second-order valence-corrected chi connectivity index (χ2v) is 5.69. The summed E-state index contributed by atoms with van der Waals surface area (Å²) < 4.78 is 0. The van der Waals surface area contributed by atoms with Crippen LogP contribution in [0, 0.1) is 5.92 Å². The van der Waals surface area contributed by atoms with E-state index in [1.54, 1.807) is 18.2 Å². The van der Waals surface area contributed by atoms with Gasteiger partial charge in [-0.25, -0.2) is 4.79 Å². The van der Waals surface area contributed by atoms with Crippen LogP contribution in [-0.4, -0.2) is 49.7 Å². The second-order valence-electron chi connectivity index (χ2n) is 5.69. The zero-order valence-corrected chi connectivity index (χ0v) is 12.8. The van der Waals surface area contributed by atoms with Crippen LogP contribution in [0.15, 0.2) is 18.2 Å². The van der Waals surface area contributed by atoms with Gasteiger partial charge in [0, 0.05) is 19.6 Å². The number of rotatable bonds is 7. The minimum absolute atomic E-state index is 0.268. The van der Waals surface area contributed by atoms with Crippen molar-refractivity contribution in [3.63, 3.8) is 0 Å². The number of benzene rings is 1. The van der Waals surface area contributed by atoms with E-state index in [-0.39, 0.29) is 5.56 Å². The fourth-order valence-electron chi connectivity index (χ4n) is 2.14. The molecular formula is C15H25N3O2. The molecule has 0 spiro atoms. The molecule has 0 amide bonds. The number of likely N-dealkylation sites (N-methyl/N-ethyl adjacent to an activating group) is 1. The van der Waals surface area contributed by atoms with Crippen LogP contribution in [0.4, 0.5) is 11.4 Å². The minimum Gasteiger partial charge on any atom is -0.478 e. The number of para-hydroxylation sites is 1. The second kappa shape index (κ2) is 7.14. The minimum atomic E-state index is -0.939. The molecule has 0 unspecified atom stereocenters. The largest absolute Gasteiger partial charge is 0.478 e. The Balaban J connectivity index is 3.14. The summed E-state index contributed by atoms with van der Waals surface area (Å²) in [6, 6.07) is 5.05. The molecule has 0 bridgehead atoms. The number of nitrogens with zero attached hydrogens (tertiary/aromatic N) is 2. The molecule has 0 radical (unpaired) electrons. The van der Waals surface area contributed by atoms with Gasteiger partial charge in [0.05, 0.1) is 16.9 Å². The Labute approximate surface area is 121 Å². The molecule has 0 saturated heterocycles. The highest BCUT2D eigenvalue weighted by atomic mass is 16.4. The molecule has 112 valence electrons. The fourth-order valence-corrected chi connectivity index (χ4v) is 2.14. The van der Waals surface area contributed by atoms with Crippen molar-refractivity contribution in [3.05, 3.63) is 23.8 Å². The molecule has 1 rings (SSSR count). The van der Waals surface area contributed by atoms with E-state index in [1.165, 1.54) is 0 Å². The van der Waals surface area contributed by atoms with Crippen LogP contribution >= 0.6 is 0 Å². The first-order chi connectivity index (χ1) is 9.32. The number of nitrogens with two attached hydrogens (primary N) is 1. The lowest BCUT2D eigenvalue weighted by Crippen LogP contribution is -2.35. The highest BCUT2D eigenvalue weighted by molar-refractivity contribution is 5.98. The number of hydrogen-bond acceptors (Lipinski definition) is 4. The molecule has 0 aliphatic heterocycles. The maximum Gasteiger partial charge on any atom is 0.337 e. The first-order valence-corrected chi connectivity index (χ1v) is 6.84. The molecule has 5 heteroatoms. The highest BCUT2D eigenvalue weighted by Crippen LogP contribution is 2.28. The van der Waals surface area contributed by atoms with Crippen molar-refractivity contribution in [1.29, 1.82) is 0 Å². The summed E-state index contributed by atoms with van der Waals surface area (Å²) in [5.74, 6) is -0.510. The van der Waals surface area contributed by atoms with Gasteiger partial charge in [0.25, 0.3) is 0 Å². The molecule has 1 aromatic carbocycles. The summed E-state index contributed by atoms with van der Waals surface area (Å²) in [4.78, 5) is 15.6. The van der Waals surface area contributed by atoms with Crippen LogP contribution in [-0.2, 0) is 0 Å². The van der Waals surface area contributed by atoms with Crippen molar-refractivity contribution in [3.8, 4) is 0 Å². The number of aromatic carboxylic acids is 1. The van der Waals surface area contributed by atoms with Crippen LogP contribution in [0.2, 0.25) is 0 Å². The van der Waals surface area contributed by atoms with E-state index >= 15 is 0 Å². The maximum absolute atomic E-state index is 11.4. The topological polar surface area (TPSA) is 69.8 Å². The summed E-state index contributed by atoms with van der Waals surface area (Å²) in [6.07, 6.45) is 0. The van der Waals surface area contributed by atoms with Gasteiger partial charge in [-0.05, 0) is 32.1 Å². The SMILES string of the molecule is CC(C)CN(CCN(C)C)c1c(N)cccc1C(=O)O. The Hall–Kier alpha value is -1.75. The third kappa shape index (κ3) is 4.42. The van der Waals surface area contributed by atoms with Crippen LogP contribution < -0.4 is 10.6 Å². The summed E-state index contributed by atoms with van der Waals surface area (Å²) in [5, 5.41) is 9.36. The number of hydrogen-bond donors (Lipinski definition) is 2. The van der Waals surface area contributed by atoms with Gasteiger partial charge in [0.1, 0.15) is 0 Å². The Morgan fingerprint density at radius 3 is 2.45 bits per heavy atom. The average molecular weight is 279 g/mol. The molecule has 0 atom stereocenters. The quantitative estimate of drug-likeness (QED) is 0.747. The predicted molar refractivity (Wildman–Crippen MR) is 83.4 cm³/mol. The lowest BCUT2D eigenvalue weighted by Gasteiger charge is -2.30. The van der Waals surface area contributed by atoms with Crippen molar-refractivity contribution in [1.82, 2.24) is 4.90 Å². The van der Waals surface area contributed by atoms with Crippen molar-refractivity contribution < 1.29 is 9.90 Å². The normalized spacial score (nSPS) is 11.1. The van der Waals surface area contributed by atoms with Crippen LogP contribution in [0.5, 0.6) is 0 Å². The molecule has 3 N–H and O–H groups in total. The number of anilines is 2. The molecule has 0 aromatic heterocycles. The van der Waals surface area contributed by atoms with Gasteiger partial charge >= 0.3 is 5.97 Å². The van der Waals surface area contributed by atoms with Crippen molar-refractivity contribution in [2.75, 3.05) is 44.4 Å². The Morgan fingerprint density at radius 2 is 1.95 bits per heavy atom. The van der Waals surface area contributed by atoms with Gasteiger partial charge in [0.2, 0.25) is 0 Å². The Morgan fingerprint density at radius 1 is 1.30 bits per heavy atom. The van der Waals surface area contributed by atoms with E-state index in [4.69, 9.17) is 5.73 Å². The highest BCUT2D eigenvalue weighted by Gasteiger charge is 2.19. The first-order valence-electron chi connectivity index (χ1n) is 6.84. The summed E-state index contributed by atoms with van der Waals surface area (Å²) in [7, 11) is 4.00. The molecule has 1 aromatic rings. The Bertz CT molecular complexity index is 458. The molecule has 0 aliphatic rings. The summed E-state index contributed by atoms with van der Waals surface area (Å²) in [5.41, 5.74) is 7.44. The van der Waals surface area contributed by atoms with Gasteiger partial charge in [-0.3, -0.25) is 0 Å². The van der Waals surface area contributed by atoms with E-state index in [0.29, 0.717) is 17.3 Å². The summed E-state index contributed by atoms with van der Waals surface area (Å²) >= 11 is 0. The lowest BCUT2D eigenvalue weighted by atomic mass is 10.1. The van der Waals surface area contributed by atoms with E-state index < -0.39 is 5.97 Å². The molecule has 5 nitrogen and oxygen atoms in total. The number of carboxylic acids is 1. The van der Waals surface area contributed by atoms with Gasteiger partial charge in [0.15, 0.2) is 0 Å². The number of carboxylic acid groups (broad SMARTS) is 1. The van der Waals surface area contributed by atoms with E-state index in [2.05, 4.69) is 23.6 Å². The number of carbonyl (C=O) groups is 1. The van der Waals surface area contributed by atoms with Crippen LogP contribution in [0.1, 0.15) is 24.2 Å². The van der Waals surface area contributed by atoms with E-state index in [9.17, 15) is 9.90 Å². The monoisotopic (exact) mass is 279 g/mol. The van der Waals surface area contributed by atoms with Gasteiger partial charge < -0.3 is 20.6 Å².